The fourth-order valence-electron chi connectivity index (χ4n) is 3.41. The molecule has 1 heterocycles. The average molecular weight is 225 g/mol. The van der Waals surface area contributed by atoms with Crippen LogP contribution in [0.15, 0.2) is 0 Å². The lowest BCUT2D eigenvalue weighted by molar-refractivity contribution is -0.164. The van der Waals surface area contributed by atoms with E-state index < -0.39 is 5.54 Å². The SMILES string of the molecule is CC1(N)CC(C)(C)C2CCCC(C2)OC1=O. The van der Waals surface area contributed by atoms with E-state index in [0.29, 0.717) is 5.92 Å². The Hall–Kier alpha value is -0.570. The summed E-state index contributed by atoms with van der Waals surface area (Å²) in [6, 6.07) is 0. The standard InChI is InChI=1S/C13H23NO2/c1-12(2)8-13(3,14)11(15)16-10-6-4-5-9(12)7-10/h9-10H,4-8,14H2,1-3H3. The van der Waals surface area contributed by atoms with Crippen molar-refractivity contribution in [2.45, 2.75) is 64.5 Å². The molecule has 3 unspecified atom stereocenters. The molecule has 0 amide bonds. The van der Waals surface area contributed by atoms with Crippen molar-refractivity contribution in [2.75, 3.05) is 0 Å². The zero-order chi connectivity index (χ0) is 12.0. The molecule has 1 aliphatic carbocycles. The van der Waals surface area contributed by atoms with Gasteiger partial charge in [-0.25, -0.2) is 0 Å². The number of rotatable bonds is 0. The van der Waals surface area contributed by atoms with Crippen molar-refractivity contribution in [3.05, 3.63) is 0 Å². The summed E-state index contributed by atoms with van der Waals surface area (Å²) in [5.74, 6) is 0.424. The van der Waals surface area contributed by atoms with Crippen LogP contribution in [0.25, 0.3) is 0 Å². The molecule has 2 bridgehead atoms. The molecular weight excluding hydrogens is 202 g/mol. The smallest absolute Gasteiger partial charge is 0.326 e. The molecule has 2 fully saturated rings. The van der Waals surface area contributed by atoms with Crippen molar-refractivity contribution in [1.29, 1.82) is 0 Å². The summed E-state index contributed by atoms with van der Waals surface area (Å²) in [5, 5.41) is 0. The van der Waals surface area contributed by atoms with Gasteiger partial charge in [0.05, 0.1) is 0 Å². The van der Waals surface area contributed by atoms with Gasteiger partial charge in [0.1, 0.15) is 11.6 Å². The fraction of sp³-hybridized carbons (Fsp3) is 0.923. The number of fused-ring (bicyclic) bond motifs is 2. The molecule has 0 aromatic heterocycles. The van der Waals surface area contributed by atoms with Crippen LogP contribution >= 0.6 is 0 Å². The number of nitrogens with two attached hydrogens (primary N) is 1. The Morgan fingerprint density at radius 1 is 1.31 bits per heavy atom. The topological polar surface area (TPSA) is 52.3 Å². The van der Waals surface area contributed by atoms with E-state index in [-0.39, 0.29) is 17.5 Å². The van der Waals surface area contributed by atoms with Gasteiger partial charge in [0, 0.05) is 0 Å². The molecule has 2 N–H and O–H groups in total. The van der Waals surface area contributed by atoms with Gasteiger partial charge in [0.2, 0.25) is 0 Å². The van der Waals surface area contributed by atoms with E-state index >= 15 is 0 Å². The second kappa shape index (κ2) is 3.73. The Morgan fingerprint density at radius 2 is 2.00 bits per heavy atom. The number of hydrogen-bond acceptors (Lipinski definition) is 3. The fourth-order valence-corrected chi connectivity index (χ4v) is 3.41. The van der Waals surface area contributed by atoms with Gasteiger partial charge in [0.25, 0.3) is 0 Å². The monoisotopic (exact) mass is 225 g/mol. The summed E-state index contributed by atoms with van der Waals surface area (Å²) in [6.07, 6.45) is 5.28. The predicted molar refractivity (Wildman–Crippen MR) is 62.8 cm³/mol. The second-order valence-corrected chi connectivity index (χ2v) is 6.47. The molecule has 3 nitrogen and oxygen atoms in total. The molecule has 1 saturated carbocycles. The van der Waals surface area contributed by atoms with Crippen LogP contribution in [0.3, 0.4) is 0 Å². The van der Waals surface area contributed by atoms with Gasteiger partial charge in [-0.05, 0) is 50.4 Å². The van der Waals surface area contributed by atoms with Crippen molar-refractivity contribution in [3.63, 3.8) is 0 Å². The molecule has 3 heteroatoms. The maximum absolute atomic E-state index is 11.9. The lowest BCUT2D eigenvalue weighted by Gasteiger charge is -2.45. The molecule has 3 atom stereocenters. The van der Waals surface area contributed by atoms with Crippen molar-refractivity contribution >= 4 is 5.97 Å². The van der Waals surface area contributed by atoms with E-state index in [1.54, 1.807) is 6.92 Å². The lowest BCUT2D eigenvalue weighted by atomic mass is 9.64. The van der Waals surface area contributed by atoms with Crippen LogP contribution in [0, 0.1) is 11.3 Å². The first-order chi connectivity index (χ1) is 7.31. The van der Waals surface area contributed by atoms with Gasteiger partial charge in [-0.2, -0.15) is 0 Å². The van der Waals surface area contributed by atoms with Crippen LogP contribution < -0.4 is 5.73 Å². The first-order valence-electron chi connectivity index (χ1n) is 6.31. The third-order valence-electron chi connectivity index (χ3n) is 4.29. The highest BCUT2D eigenvalue weighted by molar-refractivity contribution is 5.80. The zero-order valence-electron chi connectivity index (χ0n) is 10.6. The summed E-state index contributed by atoms with van der Waals surface area (Å²) in [5.41, 5.74) is 5.41. The Morgan fingerprint density at radius 3 is 2.69 bits per heavy atom. The Bertz CT molecular complexity index is 296. The van der Waals surface area contributed by atoms with Gasteiger partial charge in [-0.15, -0.1) is 0 Å². The summed E-state index contributed by atoms with van der Waals surface area (Å²) < 4.78 is 5.51. The van der Waals surface area contributed by atoms with Crippen LogP contribution in [-0.2, 0) is 9.53 Å². The molecule has 0 aromatic carbocycles. The van der Waals surface area contributed by atoms with Gasteiger partial charge in [-0.3, -0.25) is 4.79 Å². The Balaban J connectivity index is 2.27. The minimum Gasteiger partial charge on any atom is -0.461 e. The van der Waals surface area contributed by atoms with Crippen molar-refractivity contribution in [2.24, 2.45) is 17.1 Å². The van der Waals surface area contributed by atoms with Gasteiger partial charge in [-0.1, -0.05) is 13.8 Å². The number of hydrogen-bond donors (Lipinski definition) is 1. The molecule has 0 spiro atoms. The van der Waals surface area contributed by atoms with Crippen LogP contribution in [0.4, 0.5) is 0 Å². The molecule has 92 valence electrons. The first-order valence-corrected chi connectivity index (χ1v) is 6.31. The highest BCUT2D eigenvalue weighted by Crippen LogP contribution is 2.45. The van der Waals surface area contributed by atoms with Crippen LogP contribution in [0.5, 0.6) is 0 Å². The van der Waals surface area contributed by atoms with Crippen LogP contribution in [0.2, 0.25) is 0 Å². The van der Waals surface area contributed by atoms with Crippen molar-refractivity contribution in [3.8, 4) is 0 Å². The van der Waals surface area contributed by atoms with Gasteiger partial charge in [0.15, 0.2) is 0 Å². The maximum atomic E-state index is 11.9. The third kappa shape index (κ3) is 2.10. The third-order valence-corrected chi connectivity index (χ3v) is 4.29. The van der Waals surface area contributed by atoms with E-state index in [1.165, 1.54) is 12.8 Å². The lowest BCUT2D eigenvalue weighted by Crippen LogP contribution is -2.54. The van der Waals surface area contributed by atoms with E-state index in [0.717, 1.165) is 19.3 Å². The van der Waals surface area contributed by atoms with Crippen molar-refractivity contribution in [1.82, 2.24) is 0 Å². The maximum Gasteiger partial charge on any atom is 0.326 e. The predicted octanol–water partition coefficient (Wildman–Crippen LogP) is 2.24. The molecule has 0 aromatic rings. The molecule has 1 aliphatic heterocycles. The van der Waals surface area contributed by atoms with E-state index in [4.69, 9.17) is 10.5 Å². The molecule has 2 aliphatic rings. The molecule has 1 saturated heterocycles. The largest absolute Gasteiger partial charge is 0.461 e. The van der Waals surface area contributed by atoms with Crippen molar-refractivity contribution < 1.29 is 9.53 Å². The number of carbonyl (C=O) groups is 1. The Kier molecular flexibility index (Phi) is 2.77. The van der Waals surface area contributed by atoms with Gasteiger partial charge < -0.3 is 10.5 Å². The average Bonchev–Trinajstić information content (AvgIpc) is 2.15. The summed E-state index contributed by atoms with van der Waals surface area (Å²) >= 11 is 0. The normalized spacial score (nSPS) is 43.1. The second-order valence-electron chi connectivity index (χ2n) is 6.47. The first kappa shape index (κ1) is 11.9. The highest BCUT2D eigenvalue weighted by atomic mass is 16.5. The molecular formula is C13H23NO2. The molecule has 0 radical (unpaired) electrons. The minimum absolute atomic E-state index is 0.105. The number of carbonyl (C=O) groups excluding carboxylic acids is 1. The van der Waals surface area contributed by atoms with E-state index in [2.05, 4.69) is 13.8 Å². The minimum atomic E-state index is -0.822. The summed E-state index contributed by atoms with van der Waals surface area (Å²) in [6.45, 7) is 6.28. The van der Waals surface area contributed by atoms with E-state index in [1.807, 2.05) is 0 Å². The zero-order valence-corrected chi connectivity index (χ0v) is 10.6. The summed E-state index contributed by atoms with van der Waals surface area (Å²) in [4.78, 5) is 11.9. The highest BCUT2D eigenvalue weighted by Gasteiger charge is 2.45. The van der Waals surface area contributed by atoms with E-state index in [9.17, 15) is 4.79 Å². The summed E-state index contributed by atoms with van der Waals surface area (Å²) in [7, 11) is 0. The number of esters is 1. The van der Waals surface area contributed by atoms with Crippen LogP contribution in [0.1, 0.15) is 52.9 Å². The molecule has 2 rings (SSSR count). The molecule has 16 heavy (non-hydrogen) atoms. The van der Waals surface area contributed by atoms with Gasteiger partial charge >= 0.3 is 5.97 Å². The quantitative estimate of drug-likeness (QED) is 0.643. The Labute approximate surface area is 97.7 Å². The van der Waals surface area contributed by atoms with Crippen LogP contribution in [-0.4, -0.2) is 17.6 Å². The number of ether oxygens (including phenoxy) is 1.